The second-order valence-electron chi connectivity index (χ2n) is 5.66. The maximum absolute atomic E-state index is 13.6. The molecule has 0 aromatic carbocycles. The Morgan fingerprint density at radius 2 is 1.70 bits per heavy atom. The van der Waals surface area contributed by atoms with Crippen LogP contribution in [0.4, 0.5) is 4.39 Å². The van der Waals surface area contributed by atoms with Crippen LogP contribution in [0.5, 0.6) is 0 Å². The van der Waals surface area contributed by atoms with Gasteiger partial charge in [-0.2, -0.15) is 4.39 Å². The van der Waals surface area contributed by atoms with Gasteiger partial charge in [-0.25, -0.2) is 4.79 Å². The average Bonchev–Trinajstić information content (AvgIpc) is 2.85. The minimum Gasteiger partial charge on any atom is -0.463 e. The molecule has 1 aromatic heterocycles. The third kappa shape index (κ3) is 4.78. The normalized spacial score (nSPS) is 24.3. The lowest BCUT2D eigenvalue weighted by Crippen LogP contribution is -2.42. The molecule has 0 amide bonds. The standard InChI is InChI=1S/C15H17FN2O9/c1-6(19)24-5-10-11(25-7(2)20)12(26-8(3)21)14(27-10)18-4-9(16)13(22)17-15(18)23/h4,10-12,14H,5H2,1-3H3,(H,17,22,23)/t10-,11-,12+,14-/m0/s1. The first kappa shape index (κ1) is 20.3. The van der Waals surface area contributed by atoms with Crippen molar-refractivity contribution in [2.24, 2.45) is 0 Å². The average molecular weight is 388 g/mol. The predicted octanol–water partition coefficient (Wildman–Crippen LogP) is -1.00. The van der Waals surface area contributed by atoms with Crippen molar-refractivity contribution >= 4 is 17.9 Å². The van der Waals surface area contributed by atoms with Gasteiger partial charge in [-0.05, 0) is 0 Å². The van der Waals surface area contributed by atoms with Gasteiger partial charge in [0, 0.05) is 20.8 Å². The Labute approximate surface area is 151 Å². The molecular formula is C15H17FN2O9. The van der Waals surface area contributed by atoms with Crippen molar-refractivity contribution in [3.63, 3.8) is 0 Å². The number of rotatable bonds is 5. The Kier molecular flexibility index (Phi) is 6.10. The Hall–Kier alpha value is -3.02. The van der Waals surface area contributed by atoms with Gasteiger partial charge in [0.2, 0.25) is 5.82 Å². The minimum absolute atomic E-state index is 0.387. The molecule has 0 radical (unpaired) electrons. The molecule has 1 aliphatic rings. The lowest BCUT2D eigenvalue weighted by molar-refractivity contribution is -0.166. The molecule has 2 heterocycles. The van der Waals surface area contributed by atoms with Crippen LogP contribution in [0.25, 0.3) is 0 Å². The zero-order valence-electron chi connectivity index (χ0n) is 14.6. The third-order valence-electron chi connectivity index (χ3n) is 3.54. The highest BCUT2D eigenvalue weighted by molar-refractivity contribution is 5.67. The van der Waals surface area contributed by atoms with Crippen molar-refractivity contribution in [2.45, 2.75) is 45.3 Å². The van der Waals surface area contributed by atoms with Gasteiger partial charge >= 0.3 is 23.6 Å². The van der Waals surface area contributed by atoms with Gasteiger partial charge in [0.1, 0.15) is 12.7 Å². The van der Waals surface area contributed by atoms with E-state index in [1.165, 1.54) is 0 Å². The molecule has 0 aliphatic carbocycles. The quantitative estimate of drug-likeness (QED) is 0.496. The molecule has 4 atom stereocenters. The molecule has 2 rings (SSSR count). The van der Waals surface area contributed by atoms with Crippen LogP contribution in [-0.2, 0) is 33.3 Å². The summed E-state index contributed by atoms with van der Waals surface area (Å²) >= 11 is 0. The summed E-state index contributed by atoms with van der Waals surface area (Å²) in [5.41, 5.74) is -2.29. The van der Waals surface area contributed by atoms with Crippen LogP contribution in [0.15, 0.2) is 15.8 Å². The Bertz CT molecular complexity index is 862. The van der Waals surface area contributed by atoms with E-state index in [9.17, 15) is 28.4 Å². The van der Waals surface area contributed by atoms with E-state index in [4.69, 9.17) is 18.9 Å². The van der Waals surface area contributed by atoms with E-state index in [-0.39, 0.29) is 6.61 Å². The Balaban J connectivity index is 2.47. The number of nitrogens with one attached hydrogen (secondary N) is 1. The van der Waals surface area contributed by atoms with Crippen molar-refractivity contribution in [2.75, 3.05) is 6.61 Å². The van der Waals surface area contributed by atoms with Crippen molar-refractivity contribution < 1.29 is 37.7 Å². The van der Waals surface area contributed by atoms with Crippen LogP contribution in [-0.4, -0.2) is 52.4 Å². The van der Waals surface area contributed by atoms with Crippen molar-refractivity contribution in [3.05, 3.63) is 32.9 Å². The first-order valence-electron chi connectivity index (χ1n) is 7.74. The maximum Gasteiger partial charge on any atom is 0.330 e. The fourth-order valence-corrected chi connectivity index (χ4v) is 2.57. The van der Waals surface area contributed by atoms with Gasteiger partial charge in [-0.3, -0.25) is 28.7 Å². The number of aromatic nitrogens is 2. The minimum atomic E-state index is -1.45. The van der Waals surface area contributed by atoms with Gasteiger partial charge in [0.25, 0.3) is 5.56 Å². The van der Waals surface area contributed by atoms with Crippen LogP contribution in [0.3, 0.4) is 0 Å². The van der Waals surface area contributed by atoms with Gasteiger partial charge < -0.3 is 18.9 Å². The van der Waals surface area contributed by atoms with Gasteiger partial charge in [-0.1, -0.05) is 0 Å². The lowest BCUT2D eigenvalue weighted by atomic mass is 10.1. The zero-order chi connectivity index (χ0) is 20.3. The van der Waals surface area contributed by atoms with E-state index in [2.05, 4.69) is 0 Å². The molecule has 1 N–H and O–H groups in total. The number of nitrogens with zero attached hydrogens (tertiary/aromatic N) is 1. The number of hydrogen-bond acceptors (Lipinski definition) is 9. The Morgan fingerprint density at radius 3 is 2.26 bits per heavy atom. The number of halogens is 1. The fraction of sp³-hybridized carbons (Fsp3) is 0.533. The largest absolute Gasteiger partial charge is 0.463 e. The SMILES string of the molecule is CC(=O)OC[C@@H]1O[C@H](n2cc(F)c(=O)[nH]c2=O)[C@H](OC(C)=O)[C@H]1OC(C)=O. The third-order valence-corrected chi connectivity index (χ3v) is 3.54. The molecule has 11 nitrogen and oxygen atoms in total. The van der Waals surface area contributed by atoms with Crippen molar-refractivity contribution in [1.82, 2.24) is 9.55 Å². The number of carbonyl (C=O) groups is 3. The van der Waals surface area contributed by atoms with Crippen LogP contribution in [0.2, 0.25) is 0 Å². The van der Waals surface area contributed by atoms with E-state index >= 15 is 0 Å². The summed E-state index contributed by atoms with van der Waals surface area (Å²) in [6.45, 7) is 2.91. The van der Waals surface area contributed by atoms with Crippen molar-refractivity contribution in [1.29, 1.82) is 0 Å². The lowest BCUT2D eigenvalue weighted by Gasteiger charge is -2.23. The van der Waals surface area contributed by atoms with E-state index < -0.39 is 59.5 Å². The molecule has 0 unspecified atom stereocenters. The Morgan fingerprint density at radius 1 is 1.11 bits per heavy atom. The maximum atomic E-state index is 13.6. The summed E-state index contributed by atoms with van der Waals surface area (Å²) in [5.74, 6) is -3.49. The number of H-pyrrole nitrogens is 1. The van der Waals surface area contributed by atoms with E-state index in [1.807, 2.05) is 0 Å². The molecule has 1 fully saturated rings. The molecule has 1 saturated heterocycles. The second-order valence-corrected chi connectivity index (χ2v) is 5.66. The van der Waals surface area contributed by atoms with Crippen molar-refractivity contribution in [3.8, 4) is 0 Å². The molecular weight excluding hydrogens is 371 g/mol. The van der Waals surface area contributed by atoms with Crippen LogP contribution in [0.1, 0.15) is 27.0 Å². The topological polar surface area (TPSA) is 143 Å². The molecule has 12 heteroatoms. The molecule has 148 valence electrons. The monoisotopic (exact) mass is 388 g/mol. The number of carbonyl (C=O) groups excluding carboxylic acids is 3. The summed E-state index contributed by atoms with van der Waals surface area (Å²) in [4.78, 5) is 58.9. The van der Waals surface area contributed by atoms with Crippen LogP contribution < -0.4 is 11.2 Å². The van der Waals surface area contributed by atoms with Crippen LogP contribution in [0, 0.1) is 5.82 Å². The highest BCUT2D eigenvalue weighted by Gasteiger charge is 2.51. The second kappa shape index (κ2) is 8.12. The highest BCUT2D eigenvalue weighted by atomic mass is 19.1. The first-order valence-corrected chi connectivity index (χ1v) is 7.74. The van der Waals surface area contributed by atoms with Gasteiger partial charge in [0.05, 0.1) is 6.20 Å². The van der Waals surface area contributed by atoms with E-state index in [0.717, 1.165) is 20.8 Å². The molecule has 1 aromatic rings. The highest BCUT2D eigenvalue weighted by Crippen LogP contribution is 2.33. The predicted molar refractivity (Wildman–Crippen MR) is 82.9 cm³/mol. The molecule has 0 bridgehead atoms. The summed E-state index contributed by atoms with van der Waals surface area (Å²) in [6, 6.07) is 0. The summed E-state index contributed by atoms with van der Waals surface area (Å²) in [7, 11) is 0. The van der Waals surface area contributed by atoms with Gasteiger partial charge in [-0.15, -0.1) is 0 Å². The number of ether oxygens (including phenoxy) is 4. The summed E-state index contributed by atoms with van der Waals surface area (Å²) < 4.78 is 34.9. The zero-order valence-corrected chi connectivity index (χ0v) is 14.6. The molecule has 27 heavy (non-hydrogen) atoms. The molecule has 0 saturated carbocycles. The first-order chi connectivity index (χ1) is 12.6. The summed E-state index contributed by atoms with van der Waals surface area (Å²) in [5, 5.41) is 0. The van der Waals surface area contributed by atoms with E-state index in [1.54, 1.807) is 4.98 Å². The fourth-order valence-electron chi connectivity index (χ4n) is 2.57. The number of aromatic amines is 1. The van der Waals surface area contributed by atoms with Crippen LogP contribution >= 0.6 is 0 Å². The summed E-state index contributed by atoms with van der Waals surface area (Å²) in [6.07, 6.45) is -4.61. The number of esters is 3. The smallest absolute Gasteiger partial charge is 0.330 e. The number of hydrogen-bond donors (Lipinski definition) is 1. The molecule has 1 aliphatic heterocycles. The van der Waals surface area contributed by atoms with Gasteiger partial charge in [0.15, 0.2) is 18.4 Å². The van der Waals surface area contributed by atoms with E-state index in [0.29, 0.717) is 10.8 Å². The molecule has 0 spiro atoms.